The van der Waals surface area contributed by atoms with Gasteiger partial charge in [-0.1, -0.05) is 0 Å². The zero-order valence-corrected chi connectivity index (χ0v) is 10.1. The van der Waals surface area contributed by atoms with Crippen LogP contribution in [-0.2, 0) is 9.59 Å². The number of hydrogen-bond donors (Lipinski definition) is 2. The molecule has 0 rings (SSSR count). The number of amides is 1. The van der Waals surface area contributed by atoms with Crippen molar-refractivity contribution >= 4 is 24.1 Å². The Hall–Kier alpha value is 0.290. The minimum Gasteiger partial charge on any atom is -1.00 e. The quantitative estimate of drug-likeness (QED) is 0.356. The fraction of sp³-hybridized carbons (Fsp3) is 0.667. The number of carbonyl (C=O) groups excluding carboxylic acids is 1. The van der Waals surface area contributed by atoms with E-state index in [9.17, 15) is 9.59 Å². The van der Waals surface area contributed by atoms with Gasteiger partial charge in [0, 0.05) is 0 Å². The number of hydrogen-bond acceptors (Lipinski definition) is 3. The summed E-state index contributed by atoms with van der Waals surface area (Å²) in [4.78, 5) is 20.3. The summed E-state index contributed by atoms with van der Waals surface area (Å²) in [7, 11) is 0. The third kappa shape index (κ3) is 6.97. The predicted molar refractivity (Wildman–Crippen MR) is 44.7 cm³/mol. The summed E-state index contributed by atoms with van der Waals surface area (Å²) in [6.07, 6.45) is 2.77. The maximum atomic E-state index is 10.4. The first-order valence-electron chi connectivity index (χ1n) is 3.13. The van der Waals surface area contributed by atoms with Crippen LogP contribution >= 0.6 is 11.8 Å². The van der Waals surface area contributed by atoms with Crippen molar-refractivity contribution < 1.29 is 45.7 Å². The van der Waals surface area contributed by atoms with Crippen LogP contribution < -0.4 is 34.9 Å². The third-order valence-corrected chi connectivity index (χ3v) is 1.82. The van der Waals surface area contributed by atoms with Crippen LogP contribution in [0.2, 0.25) is 0 Å². The van der Waals surface area contributed by atoms with Crippen LogP contribution in [0.25, 0.3) is 0 Å². The molecule has 0 heterocycles. The molecule has 1 unspecified atom stereocenters. The van der Waals surface area contributed by atoms with Gasteiger partial charge < -0.3 is 11.8 Å². The zero-order valence-electron chi connectivity index (χ0n) is 8.24. The molecule has 0 bridgehead atoms. The largest absolute Gasteiger partial charge is 1.00 e. The zero-order chi connectivity index (χ0) is 8.69. The Bertz CT molecular complexity index is 150. The van der Waals surface area contributed by atoms with Gasteiger partial charge in [0.1, 0.15) is 6.04 Å². The molecule has 0 aromatic carbocycles. The Morgan fingerprint density at radius 2 is 2.42 bits per heavy atom. The molecule has 0 aromatic heterocycles. The minimum atomic E-state index is -0.980. The molecule has 1 atom stereocenters. The molecule has 0 aliphatic rings. The molecule has 66 valence electrons. The standard InChI is InChI=1S/C6H11NO3S.Na.H/c1-11-3-2-5(6(9)10)7-4-8;;/h4-5H,2-3H2,1H3,(H,7,8)(H,9,10);;/q;+1;-1. The van der Waals surface area contributed by atoms with E-state index >= 15 is 0 Å². The van der Waals surface area contributed by atoms with Crippen LogP contribution in [0, 0.1) is 0 Å². The predicted octanol–water partition coefficient (Wildman–Crippen LogP) is -2.94. The molecule has 0 aliphatic carbocycles. The van der Waals surface area contributed by atoms with Crippen molar-refractivity contribution in [2.75, 3.05) is 12.0 Å². The van der Waals surface area contributed by atoms with Crippen molar-refractivity contribution in [1.82, 2.24) is 5.32 Å². The maximum Gasteiger partial charge on any atom is 1.00 e. The van der Waals surface area contributed by atoms with E-state index in [0.717, 1.165) is 5.75 Å². The molecule has 0 spiro atoms. The van der Waals surface area contributed by atoms with E-state index in [1.54, 1.807) is 11.8 Å². The van der Waals surface area contributed by atoms with Crippen molar-refractivity contribution in [2.45, 2.75) is 12.5 Å². The van der Waals surface area contributed by atoms with Crippen LogP contribution in [0.4, 0.5) is 0 Å². The topological polar surface area (TPSA) is 66.4 Å². The summed E-state index contributed by atoms with van der Waals surface area (Å²) in [5, 5.41) is 10.7. The molecule has 0 fully saturated rings. The number of carboxylic acid groups (broad SMARTS) is 1. The number of aliphatic carboxylic acids is 1. The van der Waals surface area contributed by atoms with E-state index in [1.807, 2.05) is 6.26 Å². The number of rotatable bonds is 6. The fourth-order valence-electron chi connectivity index (χ4n) is 0.596. The van der Waals surface area contributed by atoms with Crippen molar-refractivity contribution in [3.8, 4) is 0 Å². The Morgan fingerprint density at radius 3 is 2.75 bits per heavy atom. The first-order chi connectivity index (χ1) is 5.22. The van der Waals surface area contributed by atoms with Gasteiger partial charge in [0.05, 0.1) is 0 Å². The van der Waals surface area contributed by atoms with Crippen LogP contribution in [0.1, 0.15) is 7.85 Å². The minimum absolute atomic E-state index is 0. The van der Waals surface area contributed by atoms with Crippen LogP contribution in [0.5, 0.6) is 0 Å². The van der Waals surface area contributed by atoms with Crippen LogP contribution in [0.3, 0.4) is 0 Å². The summed E-state index contributed by atoms with van der Waals surface area (Å²) in [5.41, 5.74) is 0. The molecule has 0 saturated carbocycles. The molecule has 2 N–H and O–H groups in total. The van der Waals surface area contributed by atoms with Gasteiger partial charge in [-0.15, -0.1) is 0 Å². The van der Waals surface area contributed by atoms with E-state index < -0.39 is 12.0 Å². The first kappa shape index (κ1) is 14.8. The van der Waals surface area contributed by atoms with Gasteiger partial charge in [0.25, 0.3) is 0 Å². The van der Waals surface area contributed by atoms with Gasteiger partial charge in [-0.25, -0.2) is 4.79 Å². The molecule has 0 radical (unpaired) electrons. The monoisotopic (exact) mass is 201 g/mol. The second kappa shape index (κ2) is 9.38. The summed E-state index contributed by atoms with van der Waals surface area (Å²) in [6, 6.07) is -0.736. The summed E-state index contributed by atoms with van der Waals surface area (Å²) < 4.78 is 0. The molecule has 4 nitrogen and oxygen atoms in total. The Kier molecular flexibility index (Phi) is 11.6. The molecular formula is C6H12NNaO3S. The van der Waals surface area contributed by atoms with Gasteiger partial charge in [-0.05, 0) is 18.4 Å². The molecule has 6 heteroatoms. The van der Waals surface area contributed by atoms with Crippen LogP contribution in [0.15, 0.2) is 0 Å². The van der Waals surface area contributed by atoms with Gasteiger partial charge in [-0.3, -0.25) is 4.79 Å². The average molecular weight is 201 g/mol. The van der Waals surface area contributed by atoms with Crippen molar-refractivity contribution in [3.05, 3.63) is 0 Å². The van der Waals surface area contributed by atoms with E-state index in [-0.39, 0.29) is 31.0 Å². The third-order valence-electron chi connectivity index (χ3n) is 1.18. The SMILES string of the molecule is CSCCC(NC=O)C(=O)O.[H-].[Na+]. The second-order valence-electron chi connectivity index (χ2n) is 1.96. The van der Waals surface area contributed by atoms with Gasteiger partial charge in [-0.2, -0.15) is 11.8 Å². The summed E-state index contributed by atoms with van der Waals surface area (Å²) in [5.74, 6) is -0.246. The maximum absolute atomic E-state index is 10.4. The average Bonchev–Trinajstić information content (AvgIpc) is 1.97. The molecular weight excluding hydrogens is 189 g/mol. The normalized spacial score (nSPS) is 11.1. The number of nitrogens with one attached hydrogen (secondary N) is 1. The smallest absolute Gasteiger partial charge is 1.00 e. The van der Waals surface area contributed by atoms with Gasteiger partial charge >= 0.3 is 35.5 Å². The first-order valence-corrected chi connectivity index (χ1v) is 4.53. The van der Waals surface area contributed by atoms with E-state index in [1.165, 1.54) is 0 Å². The number of thioether (sulfide) groups is 1. The molecule has 0 aromatic rings. The van der Waals surface area contributed by atoms with Crippen molar-refractivity contribution in [2.24, 2.45) is 0 Å². The molecule has 12 heavy (non-hydrogen) atoms. The number of carbonyl (C=O) groups is 2. The van der Waals surface area contributed by atoms with Crippen molar-refractivity contribution in [3.63, 3.8) is 0 Å². The molecule has 1 amide bonds. The Morgan fingerprint density at radius 1 is 1.83 bits per heavy atom. The van der Waals surface area contributed by atoms with E-state index in [2.05, 4.69) is 5.32 Å². The second-order valence-corrected chi connectivity index (χ2v) is 2.94. The molecule has 0 saturated heterocycles. The van der Waals surface area contributed by atoms with Crippen LogP contribution in [-0.4, -0.2) is 35.5 Å². The Balaban J connectivity index is -0.000000500. The van der Waals surface area contributed by atoms with Gasteiger partial charge in [0.2, 0.25) is 6.41 Å². The number of carboxylic acids is 1. The fourth-order valence-corrected chi connectivity index (χ4v) is 1.07. The summed E-state index contributed by atoms with van der Waals surface area (Å²) >= 11 is 1.55. The van der Waals surface area contributed by atoms with Crippen molar-refractivity contribution in [1.29, 1.82) is 0 Å². The Labute approximate surface area is 99.3 Å². The van der Waals surface area contributed by atoms with Gasteiger partial charge in [0.15, 0.2) is 0 Å². The van der Waals surface area contributed by atoms with E-state index in [0.29, 0.717) is 12.8 Å². The molecule has 0 aliphatic heterocycles. The van der Waals surface area contributed by atoms with E-state index in [4.69, 9.17) is 5.11 Å². The summed E-state index contributed by atoms with van der Waals surface area (Å²) in [6.45, 7) is 0.